The zero-order valence-corrected chi connectivity index (χ0v) is 15.5. The molecule has 0 bridgehead atoms. The van der Waals surface area contributed by atoms with E-state index in [9.17, 15) is 4.79 Å². The molecule has 0 unspecified atom stereocenters. The van der Waals surface area contributed by atoms with Crippen molar-refractivity contribution in [1.29, 1.82) is 0 Å². The van der Waals surface area contributed by atoms with E-state index in [1.165, 1.54) is 11.6 Å². The minimum atomic E-state index is -0.188. The molecular formula is C21H20N2O2S. The van der Waals surface area contributed by atoms with E-state index in [0.29, 0.717) is 0 Å². The lowest BCUT2D eigenvalue weighted by atomic mass is 10.0. The highest BCUT2D eigenvalue weighted by Crippen LogP contribution is 2.25. The number of benzene rings is 2. The highest BCUT2D eigenvalue weighted by molar-refractivity contribution is 7.09. The maximum absolute atomic E-state index is 12.2. The summed E-state index contributed by atoms with van der Waals surface area (Å²) in [6.45, 7) is 1.94. The number of aromatic nitrogens is 1. The van der Waals surface area contributed by atoms with Gasteiger partial charge < -0.3 is 10.1 Å². The van der Waals surface area contributed by atoms with E-state index < -0.39 is 0 Å². The molecule has 0 aliphatic heterocycles. The summed E-state index contributed by atoms with van der Waals surface area (Å²) >= 11 is 1.56. The second-order valence-corrected chi connectivity index (χ2v) is 6.87. The first-order chi connectivity index (χ1) is 12.6. The van der Waals surface area contributed by atoms with Crippen molar-refractivity contribution in [3.63, 3.8) is 0 Å². The Morgan fingerprint density at radius 1 is 1.23 bits per heavy atom. The van der Waals surface area contributed by atoms with Crippen molar-refractivity contribution < 1.29 is 9.53 Å². The van der Waals surface area contributed by atoms with Gasteiger partial charge in [0, 0.05) is 29.1 Å². The number of nitrogens with zero attached hydrogens (tertiary/aromatic N) is 1. The van der Waals surface area contributed by atoms with Crippen molar-refractivity contribution in [3.8, 4) is 5.75 Å². The van der Waals surface area contributed by atoms with Gasteiger partial charge in [0.2, 0.25) is 5.91 Å². The molecule has 0 fully saturated rings. The number of hydrogen-bond donors (Lipinski definition) is 1. The summed E-state index contributed by atoms with van der Waals surface area (Å²) in [4.78, 5) is 16.5. The number of anilines is 1. The van der Waals surface area contributed by atoms with Crippen molar-refractivity contribution >= 4 is 29.0 Å². The van der Waals surface area contributed by atoms with Crippen molar-refractivity contribution in [2.24, 2.45) is 0 Å². The molecule has 0 atom stereocenters. The standard InChI is InChI=1S/C21H20N2O2S/c1-15-22-19(14-26-15)9-11-21(24)23-18-8-10-20(25-2)17(13-18)12-16-6-4-3-5-7-16/h3-11,13-14H,12H2,1-2H3,(H,23,24)/b11-9+. The van der Waals surface area contributed by atoms with E-state index in [1.54, 1.807) is 24.5 Å². The van der Waals surface area contributed by atoms with Crippen molar-refractivity contribution in [2.75, 3.05) is 12.4 Å². The van der Waals surface area contributed by atoms with Crippen molar-refractivity contribution in [1.82, 2.24) is 4.98 Å². The molecule has 26 heavy (non-hydrogen) atoms. The lowest BCUT2D eigenvalue weighted by molar-refractivity contribution is -0.111. The molecule has 1 heterocycles. The summed E-state index contributed by atoms with van der Waals surface area (Å²) in [5.41, 5.74) is 3.74. The van der Waals surface area contributed by atoms with E-state index in [-0.39, 0.29) is 5.91 Å². The second kappa shape index (κ2) is 8.45. The molecule has 2 aromatic carbocycles. The van der Waals surface area contributed by atoms with Crippen LogP contribution in [0.1, 0.15) is 21.8 Å². The Hall–Kier alpha value is -2.92. The van der Waals surface area contributed by atoms with Crippen LogP contribution in [0.25, 0.3) is 6.08 Å². The van der Waals surface area contributed by atoms with Crippen LogP contribution in [0.15, 0.2) is 60.0 Å². The molecule has 0 saturated carbocycles. The lowest BCUT2D eigenvalue weighted by Gasteiger charge is -2.11. The number of nitrogens with one attached hydrogen (secondary N) is 1. The van der Waals surface area contributed by atoms with Gasteiger partial charge in [0.05, 0.1) is 17.8 Å². The first kappa shape index (κ1) is 17.9. The van der Waals surface area contributed by atoms with Gasteiger partial charge in [-0.05, 0) is 36.8 Å². The Bertz CT molecular complexity index is 917. The highest BCUT2D eigenvalue weighted by Gasteiger charge is 2.07. The average Bonchev–Trinajstić information content (AvgIpc) is 3.06. The molecule has 0 spiro atoms. The average molecular weight is 364 g/mol. The minimum Gasteiger partial charge on any atom is -0.496 e. The number of aryl methyl sites for hydroxylation is 1. The summed E-state index contributed by atoms with van der Waals surface area (Å²) in [7, 11) is 1.65. The number of hydrogen-bond acceptors (Lipinski definition) is 4. The number of amides is 1. The first-order valence-electron chi connectivity index (χ1n) is 8.26. The topological polar surface area (TPSA) is 51.2 Å². The molecule has 0 aliphatic carbocycles. The number of carbonyl (C=O) groups excluding carboxylic acids is 1. The monoisotopic (exact) mass is 364 g/mol. The van der Waals surface area contributed by atoms with E-state index in [2.05, 4.69) is 22.4 Å². The smallest absolute Gasteiger partial charge is 0.248 e. The maximum atomic E-state index is 12.2. The van der Waals surface area contributed by atoms with Gasteiger partial charge >= 0.3 is 0 Å². The largest absolute Gasteiger partial charge is 0.496 e. The molecule has 1 amide bonds. The van der Waals surface area contributed by atoms with E-state index >= 15 is 0 Å². The summed E-state index contributed by atoms with van der Waals surface area (Å²) in [6.07, 6.45) is 3.95. The van der Waals surface area contributed by atoms with Crippen LogP contribution in [0.5, 0.6) is 5.75 Å². The molecule has 0 aliphatic rings. The third-order valence-electron chi connectivity index (χ3n) is 3.83. The van der Waals surface area contributed by atoms with Crippen LogP contribution in [-0.2, 0) is 11.2 Å². The quantitative estimate of drug-likeness (QED) is 0.645. The molecule has 132 valence electrons. The Kier molecular flexibility index (Phi) is 5.81. The normalized spacial score (nSPS) is 10.8. The van der Waals surface area contributed by atoms with E-state index in [1.807, 2.05) is 48.7 Å². The van der Waals surface area contributed by atoms with Crippen molar-refractivity contribution in [2.45, 2.75) is 13.3 Å². The molecular weight excluding hydrogens is 344 g/mol. The summed E-state index contributed by atoms with van der Waals surface area (Å²) in [6, 6.07) is 15.8. The van der Waals surface area contributed by atoms with Crippen LogP contribution in [0, 0.1) is 6.92 Å². The van der Waals surface area contributed by atoms with Crippen LogP contribution in [0.3, 0.4) is 0 Å². The predicted molar refractivity (Wildman–Crippen MR) is 107 cm³/mol. The Morgan fingerprint density at radius 2 is 2.04 bits per heavy atom. The molecule has 1 N–H and O–H groups in total. The molecule has 0 radical (unpaired) electrons. The number of methoxy groups -OCH3 is 1. The van der Waals surface area contributed by atoms with Gasteiger partial charge in [0.25, 0.3) is 0 Å². The van der Waals surface area contributed by atoms with Crippen molar-refractivity contribution in [3.05, 3.63) is 81.8 Å². The Morgan fingerprint density at radius 3 is 2.73 bits per heavy atom. The third kappa shape index (κ3) is 4.80. The van der Waals surface area contributed by atoms with Gasteiger partial charge in [0.1, 0.15) is 5.75 Å². The van der Waals surface area contributed by atoms with Crippen LogP contribution >= 0.6 is 11.3 Å². The fourth-order valence-electron chi connectivity index (χ4n) is 2.61. The minimum absolute atomic E-state index is 0.188. The van der Waals surface area contributed by atoms with Gasteiger partial charge in [-0.1, -0.05) is 30.3 Å². The predicted octanol–water partition coefficient (Wildman–Crippen LogP) is 4.70. The van der Waals surface area contributed by atoms with Crippen LogP contribution in [0.2, 0.25) is 0 Å². The molecule has 3 rings (SSSR count). The number of rotatable bonds is 6. The van der Waals surface area contributed by atoms with E-state index in [4.69, 9.17) is 4.74 Å². The highest BCUT2D eigenvalue weighted by atomic mass is 32.1. The van der Waals surface area contributed by atoms with E-state index in [0.717, 1.165) is 34.1 Å². The zero-order valence-electron chi connectivity index (χ0n) is 14.7. The Balaban J connectivity index is 1.72. The molecule has 4 nitrogen and oxygen atoms in total. The number of carbonyl (C=O) groups is 1. The van der Waals surface area contributed by atoms with Gasteiger partial charge in [-0.15, -0.1) is 11.3 Å². The van der Waals surface area contributed by atoms with Gasteiger partial charge in [-0.3, -0.25) is 4.79 Å². The molecule has 3 aromatic rings. The summed E-state index contributed by atoms with van der Waals surface area (Å²) < 4.78 is 5.45. The van der Waals surface area contributed by atoms with Crippen LogP contribution in [-0.4, -0.2) is 18.0 Å². The lowest BCUT2D eigenvalue weighted by Crippen LogP contribution is -2.08. The zero-order chi connectivity index (χ0) is 18.4. The van der Waals surface area contributed by atoms with Gasteiger partial charge in [0.15, 0.2) is 0 Å². The number of ether oxygens (including phenoxy) is 1. The van der Waals surface area contributed by atoms with Gasteiger partial charge in [-0.25, -0.2) is 4.98 Å². The second-order valence-electron chi connectivity index (χ2n) is 5.80. The number of thiazole rings is 1. The molecule has 1 aromatic heterocycles. The summed E-state index contributed by atoms with van der Waals surface area (Å²) in [5, 5.41) is 5.79. The SMILES string of the molecule is COc1ccc(NC(=O)/C=C/c2csc(C)n2)cc1Cc1ccccc1. The Labute approximate surface area is 157 Å². The first-order valence-corrected chi connectivity index (χ1v) is 9.14. The molecule has 5 heteroatoms. The summed E-state index contributed by atoms with van der Waals surface area (Å²) in [5.74, 6) is 0.617. The van der Waals surface area contributed by atoms with Crippen LogP contribution in [0.4, 0.5) is 5.69 Å². The fraction of sp³-hybridized carbons (Fsp3) is 0.143. The maximum Gasteiger partial charge on any atom is 0.248 e. The fourth-order valence-corrected chi connectivity index (χ4v) is 3.19. The third-order valence-corrected chi connectivity index (χ3v) is 4.62. The van der Waals surface area contributed by atoms with Gasteiger partial charge in [-0.2, -0.15) is 0 Å². The van der Waals surface area contributed by atoms with Crippen LogP contribution < -0.4 is 10.1 Å². The molecule has 0 saturated heterocycles.